The largest absolute Gasteiger partial charge is 0.491 e. The first-order chi connectivity index (χ1) is 5.74. The summed E-state index contributed by atoms with van der Waals surface area (Å²) >= 11 is 0. The van der Waals surface area contributed by atoms with Crippen LogP contribution in [0.4, 0.5) is 0 Å². The summed E-state index contributed by atoms with van der Waals surface area (Å²) in [6.45, 7) is 3.89. The maximum Gasteiger partial charge on any atom is 0.121 e. The van der Waals surface area contributed by atoms with Gasteiger partial charge in [0.15, 0.2) is 0 Å². The summed E-state index contributed by atoms with van der Waals surface area (Å²) in [6.07, 6.45) is 5.03. The summed E-state index contributed by atoms with van der Waals surface area (Å²) in [4.78, 5) is 0. The lowest BCUT2D eigenvalue weighted by molar-refractivity contribution is 0.152. The van der Waals surface area contributed by atoms with Crippen molar-refractivity contribution in [1.29, 1.82) is 5.41 Å². The van der Waals surface area contributed by atoms with Crippen molar-refractivity contribution in [1.82, 2.24) is 0 Å². The van der Waals surface area contributed by atoms with Crippen molar-refractivity contribution in [3.63, 3.8) is 0 Å². The molecule has 0 spiro atoms. The lowest BCUT2D eigenvalue weighted by atomic mass is 10.1. The second-order valence-corrected chi connectivity index (χ2v) is 2.39. The van der Waals surface area contributed by atoms with E-state index >= 15 is 0 Å². The third-order valence-corrected chi connectivity index (χ3v) is 1.44. The molecule has 0 saturated heterocycles. The highest BCUT2D eigenvalue weighted by Crippen LogP contribution is 2.11. The molecular formula is C9H11NO2. The van der Waals surface area contributed by atoms with Gasteiger partial charge in [0.05, 0.1) is 12.3 Å². The zero-order valence-corrected chi connectivity index (χ0v) is 6.71. The van der Waals surface area contributed by atoms with Crippen LogP contribution in [0.25, 0.3) is 0 Å². The van der Waals surface area contributed by atoms with E-state index in [1.54, 1.807) is 18.2 Å². The fourth-order valence-electron chi connectivity index (χ4n) is 0.809. The number of ether oxygens (including phenoxy) is 1. The van der Waals surface area contributed by atoms with Gasteiger partial charge >= 0.3 is 0 Å². The number of aliphatic hydroxyl groups is 1. The normalized spacial score (nSPS) is 16.2. The van der Waals surface area contributed by atoms with Gasteiger partial charge in [0.1, 0.15) is 12.4 Å². The van der Waals surface area contributed by atoms with E-state index in [0.29, 0.717) is 17.0 Å². The average Bonchev–Trinajstić information content (AvgIpc) is 2.07. The van der Waals surface area contributed by atoms with Crippen molar-refractivity contribution in [2.75, 3.05) is 13.2 Å². The molecule has 3 nitrogen and oxygen atoms in total. The molecule has 0 heterocycles. The fraction of sp³-hybridized carbons (Fsp3) is 0.222. The summed E-state index contributed by atoms with van der Waals surface area (Å²) in [5.41, 5.74) is 1.02. The molecule has 0 radical (unpaired) electrons. The number of hydrogen-bond donors (Lipinski definition) is 2. The Kier molecular flexibility index (Phi) is 2.82. The minimum Gasteiger partial charge on any atom is -0.491 e. The van der Waals surface area contributed by atoms with E-state index in [2.05, 4.69) is 6.58 Å². The van der Waals surface area contributed by atoms with Crippen molar-refractivity contribution in [2.45, 2.75) is 0 Å². The minimum absolute atomic E-state index is 0.0144. The van der Waals surface area contributed by atoms with Crippen LogP contribution in [0.15, 0.2) is 36.1 Å². The van der Waals surface area contributed by atoms with E-state index in [1.165, 1.54) is 0 Å². The van der Waals surface area contributed by atoms with Gasteiger partial charge in [-0.3, -0.25) is 0 Å². The topological polar surface area (TPSA) is 53.3 Å². The van der Waals surface area contributed by atoms with E-state index in [9.17, 15) is 0 Å². The molecule has 1 aliphatic rings. The van der Waals surface area contributed by atoms with E-state index < -0.39 is 0 Å². The van der Waals surface area contributed by atoms with Crippen molar-refractivity contribution in [3.05, 3.63) is 36.1 Å². The first kappa shape index (κ1) is 8.74. The Labute approximate surface area is 71.2 Å². The Balaban J connectivity index is 2.57. The van der Waals surface area contributed by atoms with Crippen molar-refractivity contribution < 1.29 is 9.84 Å². The maximum atomic E-state index is 8.47. The van der Waals surface area contributed by atoms with Gasteiger partial charge in [0, 0.05) is 6.08 Å². The molecule has 0 unspecified atom stereocenters. The van der Waals surface area contributed by atoms with Gasteiger partial charge < -0.3 is 15.3 Å². The summed E-state index contributed by atoms with van der Waals surface area (Å²) in [7, 11) is 0. The molecule has 0 atom stereocenters. The van der Waals surface area contributed by atoms with Gasteiger partial charge in [-0.25, -0.2) is 0 Å². The van der Waals surface area contributed by atoms with E-state index in [4.69, 9.17) is 15.3 Å². The van der Waals surface area contributed by atoms with Crippen LogP contribution < -0.4 is 0 Å². The zero-order chi connectivity index (χ0) is 8.97. The van der Waals surface area contributed by atoms with Gasteiger partial charge in [-0.1, -0.05) is 6.58 Å². The molecule has 0 aliphatic heterocycles. The number of nitrogens with one attached hydrogen (secondary N) is 1. The highest BCUT2D eigenvalue weighted by Gasteiger charge is 2.04. The fourth-order valence-corrected chi connectivity index (χ4v) is 0.809. The van der Waals surface area contributed by atoms with Gasteiger partial charge in [-0.2, -0.15) is 0 Å². The molecule has 1 rings (SSSR count). The summed E-state index contributed by atoms with van der Waals surface area (Å²) < 4.78 is 5.09. The van der Waals surface area contributed by atoms with Gasteiger partial charge in [0.2, 0.25) is 0 Å². The van der Waals surface area contributed by atoms with Crippen molar-refractivity contribution in [2.24, 2.45) is 0 Å². The second-order valence-electron chi connectivity index (χ2n) is 2.39. The Morgan fingerprint density at radius 1 is 1.50 bits per heavy atom. The van der Waals surface area contributed by atoms with Crippen LogP contribution >= 0.6 is 0 Å². The molecule has 0 aromatic rings. The molecule has 0 aromatic carbocycles. The number of allylic oxidation sites excluding steroid dienone is 4. The molecule has 0 bridgehead atoms. The third kappa shape index (κ3) is 2.07. The predicted molar refractivity (Wildman–Crippen MR) is 47.1 cm³/mol. The SMILES string of the molecule is C=C1C=CC(OCCO)=CC1=N. The van der Waals surface area contributed by atoms with Gasteiger partial charge in [-0.05, 0) is 17.7 Å². The molecule has 64 valence electrons. The molecule has 0 aromatic heterocycles. The maximum absolute atomic E-state index is 8.47. The van der Waals surface area contributed by atoms with Crippen molar-refractivity contribution >= 4 is 5.71 Å². The molecular weight excluding hydrogens is 154 g/mol. The summed E-state index contributed by atoms with van der Waals surface area (Å²) in [5, 5.41) is 15.9. The molecule has 1 aliphatic carbocycles. The van der Waals surface area contributed by atoms with Crippen molar-refractivity contribution in [3.8, 4) is 0 Å². The van der Waals surface area contributed by atoms with Crippen LogP contribution in [-0.2, 0) is 4.74 Å². The highest BCUT2D eigenvalue weighted by atomic mass is 16.5. The molecule has 0 amide bonds. The van der Waals surface area contributed by atoms with Crippen LogP contribution in [0, 0.1) is 5.41 Å². The first-order valence-electron chi connectivity index (χ1n) is 3.65. The standard InChI is InChI=1S/C9H11NO2/c1-7-2-3-8(6-9(7)10)12-5-4-11/h2-3,6,10-11H,1,4-5H2. The van der Waals surface area contributed by atoms with Crippen LogP contribution in [0.5, 0.6) is 0 Å². The van der Waals surface area contributed by atoms with E-state index in [-0.39, 0.29) is 13.2 Å². The quantitative estimate of drug-likeness (QED) is 0.656. The number of hydrogen-bond acceptors (Lipinski definition) is 3. The first-order valence-corrected chi connectivity index (χ1v) is 3.65. The molecule has 12 heavy (non-hydrogen) atoms. The Morgan fingerprint density at radius 2 is 2.25 bits per heavy atom. The zero-order valence-electron chi connectivity index (χ0n) is 6.71. The van der Waals surface area contributed by atoms with E-state index in [0.717, 1.165) is 0 Å². The monoisotopic (exact) mass is 165 g/mol. The summed E-state index contributed by atoms with van der Waals surface area (Å²) in [6, 6.07) is 0. The van der Waals surface area contributed by atoms with Gasteiger partial charge in [-0.15, -0.1) is 0 Å². The second kappa shape index (κ2) is 3.88. The molecule has 0 fully saturated rings. The number of aliphatic hydroxyl groups excluding tert-OH is 1. The van der Waals surface area contributed by atoms with Crippen LogP contribution in [0.3, 0.4) is 0 Å². The van der Waals surface area contributed by atoms with Gasteiger partial charge in [0.25, 0.3) is 0 Å². The Morgan fingerprint density at radius 3 is 2.83 bits per heavy atom. The molecule has 0 saturated carbocycles. The lowest BCUT2D eigenvalue weighted by Crippen LogP contribution is -2.04. The minimum atomic E-state index is -0.0144. The Bertz CT molecular complexity index is 264. The molecule has 3 heteroatoms. The average molecular weight is 165 g/mol. The van der Waals surface area contributed by atoms with Crippen LogP contribution in [0.2, 0.25) is 0 Å². The highest BCUT2D eigenvalue weighted by molar-refractivity contribution is 6.09. The molecule has 2 N–H and O–H groups in total. The lowest BCUT2D eigenvalue weighted by Gasteiger charge is -2.09. The predicted octanol–water partition coefficient (Wildman–Crippen LogP) is 1.02. The third-order valence-electron chi connectivity index (χ3n) is 1.44. The Hall–Kier alpha value is -1.35. The number of rotatable bonds is 3. The smallest absolute Gasteiger partial charge is 0.121 e. The van der Waals surface area contributed by atoms with E-state index in [1.807, 2.05) is 0 Å². The van der Waals surface area contributed by atoms with Crippen LogP contribution in [-0.4, -0.2) is 24.0 Å². The van der Waals surface area contributed by atoms with Crippen LogP contribution in [0.1, 0.15) is 0 Å². The summed E-state index contributed by atoms with van der Waals surface area (Å²) in [5.74, 6) is 0.599.